The number of aromatic amines is 1. The molecule has 0 amide bonds. The van der Waals surface area contributed by atoms with Gasteiger partial charge in [-0.15, -0.1) is 0 Å². The normalized spacial score (nSPS) is 19.4. The van der Waals surface area contributed by atoms with Gasteiger partial charge >= 0.3 is 0 Å². The standard InChI is InChI=1S/C10H17N3O/c1-10(5-11,6-14)9-7-3-2-4-8(7)12-13-9/h14H,2-6,11H2,1H3,(H,12,13). The van der Waals surface area contributed by atoms with Gasteiger partial charge in [0.15, 0.2) is 0 Å². The molecule has 0 spiro atoms. The summed E-state index contributed by atoms with van der Waals surface area (Å²) in [4.78, 5) is 0. The lowest BCUT2D eigenvalue weighted by Gasteiger charge is -2.24. The average molecular weight is 195 g/mol. The van der Waals surface area contributed by atoms with Crippen LogP contribution >= 0.6 is 0 Å². The Morgan fingerprint density at radius 2 is 2.36 bits per heavy atom. The maximum Gasteiger partial charge on any atom is 0.0751 e. The molecule has 78 valence electrons. The lowest BCUT2D eigenvalue weighted by molar-refractivity contribution is 0.206. The molecule has 1 aromatic heterocycles. The molecule has 4 heteroatoms. The topological polar surface area (TPSA) is 74.9 Å². The first-order valence-corrected chi connectivity index (χ1v) is 5.09. The van der Waals surface area contributed by atoms with Crippen LogP contribution in [0, 0.1) is 0 Å². The van der Waals surface area contributed by atoms with Crippen molar-refractivity contribution < 1.29 is 5.11 Å². The number of aliphatic hydroxyl groups is 1. The van der Waals surface area contributed by atoms with Gasteiger partial charge in [-0.05, 0) is 24.8 Å². The van der Waals surface area contributed by atoms with Gasteiger partial charge in [0.05, 0.1) is 12.3 Å². The van der Waals surface area contributed by atoms with Crippen LogP contribution in [0.3, 0.4) is 0 Å². The number of nitrogens with one attached hydrogen (secondary N) is 1. The van der Waals surface area contributed by atoms with E-state index in [2.05, 4.69) is 10.2 Å². The molecule has 0 bridgehead atoms. The zero-order valence-electron chi connectivity index (χ0n) is 8.51. The fourth-order valence-electron chi connectivity index (χ4n) is 2.05. The molecule has 1 aliphatic rings. The van der Waals surface area contributed by atoms with Crippen molar-refractivity contribution in [1.29, 1.82) is 0 Å². The largest absolute Gasteiger partial charge is 0.395 e. The van der Waals surface area contributed by atoms with E-state index in [1.807, 2.05) is 6.92 Å². The van der Waals surface area contributed by atoms with Crippen LogP contribution in [0.1, 0.15) is 30.3 Å². The van der Waals surface area contributed by atoms with Gasteiger partial charge in [0.2, 0.25) is 0 Å². The summed E-state index contributed by atoms with van der Waals surface area (Å²) >= 11 is 0. The van der Waals surface area contributed by atoms with Crippen molar-refractivity contribution in [3.05, 3.63) is 17.0 Å². The zero-order valence-corrected chi connectivity index (χ0v) is 8.51. The maximum atomic E-state index is 9.35. The summed E-state index contributed by atoms with van der Waals surface area (Å²) in [7, 11) is 0. The molecule has 1 unspecified atom stereocenters. The van der Waals surface area contributed by atoms with Crippen LogP contribution in [0.25, 0.3) is 0 Å². The fourth-order valence-corrected chi connectivity index (χ4v) is 2.05. The number of rotatable bonds is 3. The highest BCUT2D eigenvalue weighted by molar-refractivity contribution is 5.34. The summed E-state index contributed by atoms with van der Waals surface area (Å²) < 4.78 is 0. The van der Waals surface area contributed by atoms with Gasteiger partial charge in [-0.2, -0.15) is 5.10 Å². The number of hydrogen-bond donors (Lipinski definition) is 3. The quantitative estimate of drug-likeness (QED) is 0.640. The minimum Gasteiger partial charge on any atom is -0.395 e. The van der Waals surface area contributed by atoms with E-state index in [4.69, 9.17) is 5.73 Å². The Morgan fingerprint density at radius 3 is 3.00 bits per heavy atom. The molecule has 4 nitrogen and oxygen atoms in total. The van der Waals surface area contributed by atoms with Crippen LogP contribution in [0.4, 0.5) is 0 Å². The molecule has 0 radical (unpaired) electrons. The molecule has 1 aromatic rings. The highest BCUT2D eigenvalue weighted by atomic mass is 16.3. The average Bonchev–Trinajstić information content (AvgIpc) is 2.77. The van der Waals surface area contributed by atoms with Gasteiger partial charge in [-0.1, -0.05) is 6.92 Å². The number of aliphatic hydroxyl groups excluding tert-OH is 1. The fraction of sp³-hybridized carbons (Fsp3) is 0.700. The second kappa shape index (κ2) is 3.37. The molecule has 0 saturated heterocycles. The molecule has 0 fully saturated rings. The molecule has 2 rings (SSSR count). The summed E-state index contributed by atoms with van der Waals surface area (Å²) in [6, 6.07) is 0. The van der Waals surface area contributed by atoms with Crippen molar-refractivity contribution in [2.75, 3.05) is 13.2 Å². The van der Waals surface area contributed by atoms with E-state index >= 15 is 0 Å². The van der Waals surface area contributed by atoms with Gasteiger partial charge in [0.1, 0.15) is 0 Å². The molecule has 1 atom stereocenters. The van der Waals surface area contributed by atoms with Gasteiger partial charge in [-0.3, -0.25) is 5.10 Å². The Hall–Kier alpha value is -0.870. The van der Waals surface area contributed by atoms with Gasteiger partial charge in [-0.25, -0.2) is 0 Å². The van der Waals surface area contributed by atoms with Crippen molar-refractivity contribution in [1.82, 2.24) is 10.2 Å². The Kier molecular flexibility index (Phi) is 2.33. The van der Waals surface area contributed by atoms with E-state index in [0.29, 0.717) is 6.54 Å². The first-order chi connectivity index (χ1) is 6.71. The summed E-state index contributed by atoms with van der Waals surface area (Å²) in [5.74, 6) is 0. The molecule has 4 N–H and O–H groups in total. The van der Waals surface area contributed by atoms with Gasteiger partial charge in [0, 0.05) is 17.7 Å². The van der Waals surface area contributed by atoms with Crippen molar-refractivity contribution in [2.45, 2.75) is 31.6 Å². The Bertz CT molecular complexity index is 328. The van der Waals surface area contributed by atoms with Crippen molar-refractivity contribution in [3.8, 4) is 0 Å². The first-order valence-electron chi connectivity index (χ1n) is 5.09. The van der Waals surface area contributed by atoms with Gasteiger partial charge in [0.25, 0.3) is 0 Å². The molecule has 0 saturated carbocycles. The molecule has 14 heavy (non-hydrogen) atoms. The Morgan fingerprint density at radius 1 is 1.57 bits per heavy atom. The highest BCUT2D eigenvalue weighted by Gasteiger charge is 2.32. The number of H-pyrrole nitrogens is 1. The highest BCUT2D eigenvalue weighted by Crippen LogP contribution is 2.30. The second-order valence-electron chi connectivity index (χ2n) is 4.31. The van der Waals surface area contributed by atoms with Crippen molar-refractivity contribution >= 4 is 0 Å². The smallest absolute Gasteiger partial charge is 0.0751 e. The van der Waals surface area contributed by atoms with Crippen molar-refractivity contribution in [2.24, 2.45) is 5.73 Å². The third kappa shape index (κ3) is 1.26. The van der Waals surface area contributed by atoms with Crippen LogP contribution in [-0.4, -0.2) is 28.5 Å². The van der Waals surface area contributed by atoms with E-state index in [1.165, 1.54) is 17.7 Å². The monoisotopic (exact) mass is 195 g/mol. The number of aryl methyl sites for hydroxylation is 1. The predicted octanol–water partition coefficient (Wildman–Crippen LogP) is 0.107. The lowest BCUT2D eigenvalue weighted by atomic mass is 9.85. The SMILES string of the molecule is CC(CN)(CO)c1n[nH]c2c1CCC2. The summed E-state index contributed by atoms with van der Waals surface area (Å²) in [6.45, 7) is 2.45. The van der Waals surface area contributed by atoms with E-state index in [1.54, 1.807) is 0 Å². The summed E-state index contributed by atoms with van der Waals surface area (Å²) in [5.41, 5.74) is 8.79. The van der Waals surface area contributed by atoms with Crippen LogP contribution in [-0.2, 0) is 18.3 Å². The van der Waals surface area contributed by atoms with E-state index in [9.17, 15) is 5.11 Å². The number of fused-ring (bicyclic) bond motifs is 1. The second-order valence-corrected chi connectivity index (χ2v) is 4.31. The molecule has 1 heterocycles. The van der Waals surface area contributed by atoms with Crippen LogP contribution in [0.15, 0.2) is 0 Å². The maximum absolute atomic E-state index is 9.35. The lowest BCUT2D eigenvalue weighted by Crippen LogP contribution is -2.36. The Labute approximate surface area is 83.5 Å². The summed E-state index contributed by atoms with van der Waals surface area (Å²) in [5, 5.41) is 16.7. The molecule has 1 aliphatic carbocycles. The third-order valence-corrected chi connectivity index (χ3v) is 3.18. The Balaban J connectivity index is 2.40. The van der Waals surface area contributed by atoms with Crippen LogP contribution < -0.4 is 5.73 Å². The first kappa shape index (κ1) is 9.68. The third-order valence-electron chi connectivity index (χ3n) is 3.18. The van der Waals surface area contributed by atoms with E-state index in [0.717, 1.165) is 18.5 Å². The van der Waals surface area contributed by atoms with Gasteiger partial charge < -0.3 is 10.8 Å². The number of hydrogen-bond acceptors (Lipinski definition) is 3. The number of nitrogens with two attached hydrogens (primary N) is 1. The minimum absolute atomic E-state index is 0.0563. The minimum atomic E-state index is -0.381. The molecular weight excluding hydrogens is 178 g/mol. The van der Waals surface area contributed by atoms with E-state index < -0.39 is 0 Å². The zero-order chi connectivity index (χ0) is 10.2. The molecular formula is C10H17N3O. The van der Waals surface area contributed by atoms with Crippen LogP contribution in [0.5, 0.6) is 0 Å². The van der Waals surface area contributed by atoms with Crippen molar-refractivity contribution in [3.63, 3.8) is 0 Å². The summed E-state index contributed by atoms with van der Waals surface area (Å²) in [6.07, 6.45) is 3.33. The van der Waals surface area contributed by atoms with E-state index in [-0.39, 0.29) is 12.0 Å². The molecule has 0 aliphatic heterocycles. The number of nitrogens with zero attached hydrogens (tertiary/aromatic N) is 1. The predicted molar refractivity (Wildman–Crippen MR) is 54.1 cm³/mol. The molecule has 0 aromatic carbocycles. The number of aromatic nitrogens is 2. The van der Waals surface area contributed by atoms with Crippen LogP contribution in [0.2, 0.25) is 0 Å².